The molecule has 0 unspecified atom stereocenters. The van der Waals surface area contributed by atoms with Crippen molar-refractivity contribution in [2.75, 3.05) is 26.3 Å². The minimum absolute atomic E-state index is 0.186. The van der Waals surface area contributed by atoms with E-state index in [0.29, 0.717) is 0 Å². The van der Waals surface area contributed by atoms with Gasteiger partial charge in [0.05, 0.1) is 6.61 Å². The van der Waals surface area contributed by atoms with Crippen LogP contribution in [0.4, 0.5) is 0 Å². The molecule has 0 amide bonds. The van der Waals surface area contributed by atoms with Crippen molar-refractivity contribution < 1.29 is 43.6 Å². The van der Waals surface area contributed by atoms with Gasteiger partial charge in [-0.3, -0.25) is 4.18 Å². The standard InChI is InChI=1S/C13H23NO10S2/c1-5-14(6-2)25(15,16)20-8-13-11(21-12(3,4)24-13)10-9(7-19-13)22-26(17,18)23-10/h9-11H,5-8H2,1-4H3/t9-,10-,11+,13+/m1/s1. The molecule has 0 aromatic heterocycles. The molecule has 3 aliphatic heterocycles. The van der Waals surface area contributed by atoms with Crippen LogP contribution < -0.4 is 0 Å². The number of hydrogen-bond acceptors (Lipinski definition) is 10. The van der Waals surface area contributed by atoms with Gasteiger partial charge in [0.1, 0.15) is 24.9 Å². The summed E-state index contributed by atoms with van der Waals surface area (Å²) in [5.41, 5.74) is 0. The second kappa shape index (κ2) is 6.60. The van der Waals surface area contributed by atoms with Crippen LogP contribution in [-0.4, -0.2) is 77.3 Å². The first-order chi connectivity index (χ1) is 11.9. The molecule has 152 valence electrons. The summed E-state index contributed by atoms with van der Waals surface area (Å²) in [6.07, 6.45) is -2.99. The zero-order chi connectivity index (χ0) is 19.4. The number of nitrogens with zero attached hydrogens (tertiary/aromatic N) is 1. The van der Waals surface area contributed by atoms with Gasteiger partial charge in [0, 0.05) is 13.1 Å². The number of rotatable bonds is 6. The minimum Gasteiger partial charge on any atom is -0.343 e. The molecule has 0 radical (unpaired) electrons. The van der Waals surface area contributed by atoms with Crippen LogP contribution in [0.15, 0.2) is 0 Å². The van der Waals surface area contributed by atoms with Gasteiger partial charge in [0.15, 0.2) is 5.79 Å². The Bertz CT molecular complexity index is 747. The lowest BCUT2D eigenvalue weighted by Gasteiger charge is -2.39. The van der Waals surface area contributed by atoms with E-state index in [1.165, 1.54) is 0 Å². The Morgan fingerprint density at radius 2 is 1.85 bits per heavy atom. The second-order valence-electron chi connectivity index (χ2n) is 6.57. The number of ether oxygens (including phenoxy) is 3. The minimum atomic E-state index is -4.18. The molecule has 3 aliphatic rings. The molecule has 0 spiro atoms. The van der Waals surface area contributed by atoms with Gasteiger partial charge >= 0.3 is 20.7 Å². The quantitative estimate of drug-likeness (QED) is 0.558. The molecule has 0 saturated carbocycles. The fraction of sp³-hybridized carbons (Fsp3) is 1.00. The maximum Gasteiger partial charge on any atom is 0.400 e. The van der Waals surface area contributed by atoms with E-state index in [4.69, 9.17) is 26.8 Å². The van der Waals surface area contributed by atoms with Gasteiger partial charge in [-0.05, 0) is 13.8 Å². The molecule has 26 heavy (non-hydrogen) atoms. The van der Waals surface area contributed by atoms with Crippen LogP contribution in [0.5, 0.6) is 0 Å². The van der Waals surface area contributed by atoms with Gasteiger partial charge < -0.3 is 14.2 Å². The third-order valence-electron chi connectivity index (χ3n) is 4.32. The molecule has 3 saturated heterocycles. The third-order valence-corrected chi connectivity index (χ3v) is 6.83. The largest absolute Gasteiger partial charge is 0.400 e. The molecular formula is C13H23NO10S2. The van der Waals surface area contributed by atoms with E-state index >= 15 is 0 Å². The lowest BCUT2D eigenvalue weighted by molar-refractivity contribution is -0.290. The van der Waals surface area contributed by atoms with Crippen molar-refractivity contribution in [3.63, 3.8) is 0 Å². The van der Waals surface area contributed by atoms with Crippen molar-refractivity contribution >= 4 is 20.7 Å². The molecule has 3 fully saturated rings. The maximum absolute atomic E-state index is 12.3. The van der Waals surface area contributed by atoms with Crippen LogP contribution in [0.2, 0.25) is 0 Å². The first-order valence-corrected chi connectivity index (χ1v) is 10.9. The summed E-state index contributed by atoms with van der Waals surface area (Å²) in [4.78, 5) is 0. The van der Waals surface area contributed by atoms with Crippen LogP contribution in [0.3, 0.4) is 0 Å². The topological polar surface area (TPSA) is 127 Å². The zero-order valence-electron chi connectivity index (χ0n) is 14.9. The van der Waals surface area contributed by atoms with Gasteiger partial charge in [-0.15, -0.1) is 0 Å². The monoisotopic (exact) mass is 417 g/mol. The van der Waals surface area contributed by atoms with Crippen molar-refractivity contribution in [2.45, 2.75) is 57.6 Å². The fourth-order valence-corrected chi connectivity index (χ4v) is 5.37. The maximum atomic E-state index is 12.3. The van der Waals surface area contributed by atoms with Gasteiger partial charge in [0.2, 0.25) is 5.79 Å². The lowest BCUT2D eigenvalue weighted by Crippen LogP contribution is -2.60. The molecule has 0 aromatic rings. The fourth-order valence-electron chi connectivity index (χ4n) is 3.26. The summed E-state index contributed by atoms with van der Waals surface area (Å²) in [6, 6.07) is 0. The SMILES string of the molecule is CCN(CC)S(=O)(=O)OC[C@@]12OC[C@H]3OS(=O)(=O)O[C@H]3[C@@H]1OC(C)(C)O2. The average molecular weight is 417 g/mol. The summed E-state index contributed by atoms with van der Waals surface area (Å²) >= 11 is 0. The highest BCUT2D eigenvalue weighted by Crippen LogP contribution is 2.46. The molecule has 0 aromatic carbocycles. The van der Waals surface area contributed by atoms with Gasteiger partial charge in [0.25, 0.3) is 0 Å². The van der Waals surface area contributed by atoms with Crippen molar-refractivity contribution in [2.24, 2.45) is 0 Å². The van der Waals surface area contributed by atoms with Crippen molar-refractivity contribution in [1.82, 2.24) is 4.31 Å². The van der Waals surface area contributed by atoms with E-state index < -0.39 is 57.2 Å². The third kappa shape index (κ3) is 3.64. The molecular weight excluding hydrogens is 394 g/mol. The first-order valence-electron chi connectivity index (χ1n) is 8.21. The van der Waals surface area contributed by atoms with E-state index in [1.54, 1.807) is 27.7 Å². The first kappa shape index (κ1) is 20.4. The Hall–Kier alpha value is -0.380. The summed E-state index contributed by atoms with van der Waals surface area (Å²) < 4.78 is 81.0. The molecule has 0 bridgehead atoms. The predicted octanol–water partition coefficient (Wildman–Crippen LogP) is -0.504. The van der Waals surface area contributed by atoms with Gasteiger partial charge in [-0.1, -0.05) is 13.8 Å². The van der Waals surface area contributed by atoms with Crippen LogP contribution >= 0.6 is 0 Å². The smallest absolute Gasteiger partial charge is 0.343 e. The number of hydrogen-bond donors (Lipinski definition) is 0. The molecule has 11 nitrogen and oxygen atoms in total. The highest BCUT2D eigenvalue weighted by atomic mass is 32.3. The Morgan fingerprint density at radius 3 is 2.46 bits per heavy atom. The van der Waals surface area contributed by atoms with Crippen molar-refractivity contribution in [3.05, 3.63) is 0 Å². The molecule has 0 aliphatic carbocycles. The second-order valence-corrected chi connectivity index (χ2v) is 9.38. The van der Waals surface area contributed by atoms with E-state index in [0.717, 1.165) is 4.31 Å². The van der Waals surface area contributed by atoms with E-state index in [2.05, 4.69) is 0 Å². The Balaban J connectivity index is 1.84. The van der Waals surface area contributed by atoms with E-state index in [9.17, 15) is 16.8 Å². The predicted molar refractivity (Wildman–Crippen MR) is 85.2 cm³/mol. The Kier molecular flexibility index (Phi) is 5.17. The van der Waals surface area contributed by atoms with Crippen LogP contribution in [0.25, 0.3) is 0 Å². The van der Waals surface area contributed by atoms with Gasteiger partial charge in [-0.2, -0.15) is 21.1 Å². The van der Waals surface area contributed by atoms with E-state index in [1.807, 2.05) is 0 Å². The molecule has 3 heterocycles. The summed E-state index contributed by atoms with van der Waals surface area (Å²) in [5.74, 6) is -2.81. The molecule has 0 N–H and O–H groups in total. The van der Waals surface area contributed by atoms with Crippen LogP contribution in [0.1, 0.15) is 27.7 Å². The summed E-state index contributed by atoms with van der Waals surface area (Å²) in [7, 11) is -8.20. The molecule has 13 heteroatoms. The lowest BCUT2D eigenvalue weighted by atomic mass is 9.98. The molecule has 3 rings (SSSR count). The summed E-state index contributed by atoms with van der Waals surface area (Å²) in [6.45, 7) is 6.31. The van der Waals surface area contributed by atoms with Gasteiger partial charge in [-0.25, -0.2) is 8.37 Å². The molecule has 4 atom stereocenters. The average Bonchev–Trinajstić information content (AvgIpc) is 2.98. The zero-order valence-corrected chi connectivity index (χ0v) is 16.5. The Morgan fingerprint density at radius 1 is 1.19 bits per heavy atom. The highest BCUT2D eigenvalue weighted by Gasteiger charge is 2.66. The normalized spacial score (nSPS) is 38.3. The summed E-state index contributed by atoms with van der Waals surface area (Å²) in [5, 5.41) is 0. The van der Waals surface area contributed by atoms with Crippen LogP contribution in [0, 0.1) is 0 Å². The Labute approximate surface area is 153 Å². The van der Waals surface area contributed by atoms with Crippen molar-refractivity contribution in [3.8, 4) is 0 Å². The van der Waals surface area contributed by atoms with E-state index in [-0.39, 0.29) is 19.7 Å². The van der Waals surface area contributed by atoms with Crippen molar-refractivity contribution in [1.29, 1.82) is 0 Å². The van der Waals surface area contributed by atoms with Crippen LogP contribution in [-0.2, 0) is 47.5 Å². The number of fused-ring (bicyclic) bond motifs is 3. The highest BCUT2D eigenvalue weighted by molar-refractivity contribution is 7.84.